The lowest BCUT2D eigenvalue weighted by Crippen LogP contribution is -2.50. The van der Waals surface area contributed by atoms with Gasteiger partial charge in [-0.05, 0) is 11.6 Å². The van der Waals surface area contributed by atoms with E-state index in [9.17, 15) is 4.79 Å². The number of carbonyl (C=O) groups excluding carboxylic acids is 1. The summed E-state index contributed by atoms with van der Waals surface area (Å²) < 4.78 is 0. The minimum absolute atomic E-state index is 0.0492. The van der Waals surface area contributed by atoms with Crippen molar-refractivity contribution in [2.45, 2.75) is 12.3 Å². The molecule has 1 N–H and O–H groups in total. The predicted molar refractivity (Wildman–Crippen MR) is 80.9 cm³/mol. The number of amides is 1. The van der Waals surface area contributed by atoms with Crippen LogP contribution in [0.25, 0.3) is 0 Å². The summed E-state index contributed by atoms with van der Waals surface area (Å²) in [7, 11) is 0. The number of nitrogens with zero attached hydrogens (tertiary/aromatic N) is 3. The molecule has 2 aliphatic heterocycles. The van der Waals surface area contributed by atoms with Crippen LogP contribution in [0.3, 0.4) is 0 Å². The SMILES string of the molecule is N#CCCN1CCN(C(=O)C2CNc3ccccc32)CC1. The Kier molecular flexibility index (Phi) is 4.07. The Labute approximate surface area is 125 Å². The van der Waals surface area contributed by atoms with Crippen LogP contribution in [0, 0.1) is 11.3 Å². The average Bonchev–Trinajstić information content (AvgIpc) is 2.97. The van der Waals surface area contributed by atoms with Crippen LogP contribution in [0.1, 0.15) is 17.9 Å². The first kappa shape index (κ1) is 13.9. The van der Waals surface area contributed by atoms with Gasteiger partial charge >= 0.3 is 0 Å². The van der Waals surface area contributed by atoms with Gasteiger partial charge in [-0.15, -0.1) is 0 Å². The summed E-state index contributed by atoms with van der Waals surface area (Å²) in [4.78, 5) is 16.9. The maximum atomic E-state index is 12.7. The molecular formula is C16H20N4O. The normalized spacial score (nSPS) is 21.5. The summed E-state index contributed by atoms with van der Waals surface area (Å²) in [5.41, 5.74) is 2.21. The van der Waals surface area contributed by atoms with Crippen LogP contribution >= 0.6 is 0 Å². The van der Waals surface area contributed by atoms with E-state index in [1.807, 2.05) is 29.2 Å². The molecule has 0 aliphatic carbocycles. The van der Waals surface area contributed by atoms with Crippen molar-refractivity contribution in [3.05, 3.63) is 29.8 Å². The van der Waals surface area contributed by atoms with Gasteiger partial charge in [-0.25, -0.2) is 0 Å². The number of benzene rings is 1. The molecule has 0 bridgehead atoms. The number of hydrogen-bond acceptors (Lipinski definition) is 4. The summed E-state index contributed by atoms with van der Waals surface area (Å²) in [6.45, 7) is 4.79. The highest BCUT2D eigenvalue weighted by atomic mass is 16.2. The van der Waals surface area contributed by atoms with Crippen molar-refractivity contribution in [2.75, 3.05) is 44.6 Å². The number of anilines is 1. The van der Waals surface area contributed by atoms with Crippen LogP contribution in [0.15, 0.2) is 24.3 Å². The number of rotatable bonds is 3. The van der Waals surface area contributed by atoms with Gasteiger partial charge in [0, 0.05) is 51.4 Å². The standard InChI is InChI=1S/C16H20N4O/c17-6-3-7-19-8-10-20(11-9-19)16(21)14-12-18-15-5-2-1-4-13(14)15/h1-2,4-5,14,18H,3,7-12H2. The lowest BCUT2D eigenvalue weighted by atomic mass is 9.99. The number of nitriles is 1. The Hall–Kier alpha value is -2.06. The van der Waals surface area contributed by atoms with E-state index in [0.29, 0.717) is 13.0 Å². The molecule has 2 aliphatic rings. The lowest BCUT2D eigenvalue weighted by Gasteiger charge is -2.35. The Morgan fingerprint density at radius 1 is 1.29 bits per heavy atom. The molecule has 0 aromatic heterocycles. The number of nitrogens with one attached hydrogen (secondary N) is 1. The largest absolute Gasteiger partial charge is 0.384 e. The second-order valence-electron chi connectivity index (χ2n) is 5.60. The number of piperazine rings is 1. The molecule has 1 aromatic rings. The van der Waals surface area contributed by atoms with Crippen LogP contribution in [0.2, 0.25) is 0 Å². The second kappa shape index (κ2) is 6.15. The highest BCUT2D eigenvalue weighted by Crippen LogP contribution is 2.32. The monoisotopic (exact) mass is 284 g/mol. The highest BCUT2D eigenvalue weighted by molar-refractivity contribution is 5.88. The van der Waals surface area contributed by atoms with Gasteiger partial charge in [-0.3, -0.25) is 9.69 Å². The van der Waals surface area contributed by atoms with Crippen LogP contribution in [0.4, 0.5) is 5.69 Å². The van der Waals surface area contributed by atoms with Gasteiger partial charge in [0.2, 0.25) is 5.91 Å². The molecule has 0 saturated carbocycles. The number of carbonyl (C=O) groups is 1. The zero-order chi connectivity index (χ0) is 14.7. The van der Waals surface area contributed by atoms with Crippen molar-refractivity contribution in [1.29, 1.82) is 5.26 Å². The van der Waals surface area contributed by atoms with Crippen molar-refractivity contribution in [3.8, 4) is 6.07 Å². The number of para-hydroxylation sites is 1. The van der Waals surface area contributed by atoms with Crippen LogP contribution in [-0.4, -0.2) is 55.0 Å². The maximum Gasteiger partial charge on any atom is 0.232 e. The first-order valence-corrected chi connectivity index (χ1v) is 7.50. The predicted octanol–water partition coefficient (Wildman–Crippen LogP) is 1.25. The van der Waals surface area contributed by atoms with E-state index in [2.05, 4.69) is 16.3 Å². The molecular weight excluding hydrogens is 264 g/mol. The van der Waals surface area contributed by atoms with Crippen molar-refractivity contribution in [3.63, 3.8) is 0 Å². The topological polar surface area (TPSA) is 59.4 Å². The fourth-order valence-electron chi connectivity index (χ4n) is 3.12. The van der Waals surface area contributed by atoms with Gasteiger partial charge in [0.15, 0.2) is 0 Å². The van der Waals surface area contributed by atoms with E-state index in [-0.39, 0.29) is 11.8 Å². The van der Waals surface area contributed by atoms with Crippen molar-refractivity contribution in [2.24, 2.45) is 0 Å². The van der Waals surface area contributed by atoms with E-state index in [1.165, 1.54) is 0 Å². The third-order valence-corrected chi connectivity index (χ3v) is 4.35. The molecule has 5 heteroatoms. The summed E-state index contributed by atoms with van der Waals surface area (Å²) in [5.74, 6) is 0.180. The Morgan fingerprint density at radius 3 is 2.81 bits per heavy atom. The first-order valence-electron chi connectivity index (χ1n) is 7.50. The molecule has 1 unspecified atom stereocenters. The van der Waals surface area contributed by atoms with Crippen LogP contribution in [0.5, 0.6) is 0 Å². The van der Waals surface area contributed by atoms with E-state index in [1.54, 1.807) is 0 Å². The summed E-state index contributed by atoms with van der Waals surface area (Å²) in [5, 5.41) is 11.9. The first-order chi connectivity index (χ1) is 10.3. The molecule has 0 spiro atoms. The van der Waals surface area contributed by atoms with E-state index >= 15 is 0 Å². The molecule has 1 atom stereocenters. The van der Waals surface area contributed by atoms with Gasteiger partial charge in [-0.2, -0.15) is 5.26 Å². The molecule has 110 valence electrons. The quantitative estimate of drug-likeness (QED) is 0.907. The van der Waals surface area contributed by atoms with Crippen LogP contribution in [-0.2, 0) is 4.79 Å². The third-order valence-electron chi connectivity index (χ3n) is 4.35. The van der Waals surface area contributed by atoms with E-state index < -0.39 is 0 Å². The van der Waals surface area contributed by atoms with Crippen molar-refractivity contribution in [1.82, 2.24) is 9.80 Å². The second-order valence-corrected chi connectivity index (χ2v) is 5.60. The number of fused-ring (bicyclic) bond motifs is 1. The molecule has 5 nitrogen and oxygen atoms in total. The average molecular weight is 284 g/mol. The fraction of sp³-hybridized carbons (Fsp3) is 0.500. The van der Waals surface area contributed by atoms with Crippen molar-refractivity contribution >= 4 is 11.6 Å². The van der Waals surface area contributed by atoms with E-state index in [4.69, 9.17) is 5.26 Å². The molecule has 21 heavy (non-hydrogen) atoms. The zero-order valence-corrected chi connectivity index (χ0v) is 12.1. The Balaban J connectivity index is 1.59. The zero-order valence-electron chi connectivity index (χ0n) is 12.1. The minimum Gasteiger partial charge on any atom is -0.384 e. The van der Waals surface area contributed by atoms with Crippen molar-refractivity contribution < 1.29 is 4.79 Å². The summed E-state index contributed by atoms with van der Waals surface area (Å²) in [6.07, 6.45) is 0.563. The molecule has 1 saturated heterocycles. The third kappa shape index (κ3) is 2.86. The Morgan fingerprint density at radius 2 is 2.05 bits per heavy atom. The molecule has 1 amide bonds. The number of hydrogen-bond donors (Lipinski definition) is 1. The fourth-order valence-corrected chi connectivity index (χ4v) is 3.12. The van der Waals surface area contributed by atoms with Gasteiger partial charge in [-0.1, -0.05) is 18.2 Å². The van der Waals surface area contributed by atoms with Gasteiger partial charge in [0.1, 0.15) is 0 Å². The maximum absolute atomic E-state index is 12.7. The molecule has 1 fully saturated rings. The van der Waals surface area contributed by atoms with Gasteiger partial charge < -0.3 is 10.2 Å². The van der Waals surface area contributed by atoms with E-state index in [0.717, 1.165) is 44.0 Å². The van der Waals surface area contributed by atoms with Gasteiger partial charge in [0.05, 0.1) is 12.0 Å². The molecule has 3 rings (SSSR count). The molecule has 1 aromatic carbocycles. The van der Waals surface area contributed by atoms with Crippen LogP contribution < -0.4 is 5.32 Å². The molecule has 0 radical (unpaired) electrons. The molecule has 2 heterocycles. The minimum atomic E-state index is -0.0492. The van der Waals surface area contributed by atoms with Gasteiger partial charge in [0.25, 0.3) is 0 Å². The lowest BCUT2D eigenvalue weighted by molar-refractivity contribution is -0.134. The summed E-state index contributed by atoms with van der Waals surface area (Å²) in [6, 6.07) is 10.2. The smallest absolute Gasteiger partial charge is 0.232 e. The highest BCUT2D eigenvalue weighted by Gasteiger charge is 2.32. The summed E-state index contributed by atoms with van der Waals surface area (Å²) >= 11 is 0. The Bertz CT molecular complexity index is 558.